The molecule has 2 amide bonds. The van der Waals surface area contributed by atoms with Gasteiger partial charge < -0.3 is 10.2 Å². The molecule has 152 valence electrons. The van der Waals surface area contributed by atoms with E-state index < -0.39 is 0 Å². The fraction of sp³-hybridized carbons (Fsp3) is 0.455. The number of rotatable bonds is 3. The Balaban J connectivity index is 1.31. The first-order chi connectivity index (χ1) is 14.1. The van der Waals surface area contributed by atoms with Crippen molar-refractivity contribution in [3.05, 3.63) is 64.4 Å². The van der Waals surface area contributed by atoms with Gasteiger partial charge in [-0.25, -0.2) is 10.2 Å². The van der Waals surface area contributed by atoms with Crippen molar-refractivity contribution >= 4 is 17.6 Å². The van der Waals surface area contributed by atoms with Crippen LogP contribution < -0.4 is 16.2 Å². The highest BCUT2D eigenvalue weighted by atomic mass is 35.5. The minimum absolute atomic E-state index is 0.0249. The Bertz CT molecular complexity index is 922. The van der Waals surface area contributed by atoms with E-state index in [1.54, 1.807) is 0 Å². The monoisotopic (exact) mass is 411 g/mol. The lowest BCUT2D eigenvalue weighted by Gasteiger charge is -2.45. The quantitative estimate of drug-likeness (QED) is 0.725. The van der Waals surface area contributed by atoms with Crippen LogP contribution in [0.1, 0.15) is 35.7 Å². The number of pyridine rings is 1. The molecule has 1 aromatic carbocycles. The van der Waals surface area contributed by atoms with Crippen LogP contribution in [0.4, 0.5) is 4.79 Å². The first kappa shape index (κ1) is 18.9. The maximum absolute atomic E-state index is 12.7. The number of hydrogen-bond donors (Lipinski definition) is 3. The lowest BCUT2D eigenvalue weighted by atomic mass is 9.71. The molecule has 0 spiro atoms. The number of benzene rings is 1. The standard InChI is InChI=1S/C22H26ClN5O/c1-13-7-15(5-6-24-13)21-18-9-16-12-28(11-14-3-2-4-17(23)8-14)22(29)25-19(16)10-20(18)26-27-21/h2-8,16,18-21,26-27H,9-12H2,1H3,(H,25,29). The Labute approximate surface area is 176 Å². The Morgan fingerprint density at radius 1 is 1.17 bits per heavy atom. The Morgan fingerprint density at radius 2 is 2.07 bits per heavy atom. The van der Waals surface area contributed by atoms with E-state index in [-0.39, 0.29) is 18.1 Å². The lowest BCUT2D eigenvalue weighted by molar-refractivity contribution is 0.0961. The summed E-state index contributed by atoms with van der Waals surface area (Å²) < 4.78 is 0. The van der Waals surface area contributed by atoms with Gasteiger partial charge in [-0.2, -0.15) is 0 Å². The van der Waals surface area contributed by atoms with Crippen LogP contribution in [0.25, 0.3) is 0 Å². The number of urea groups is 1. The lowest BCUT2D eigenvalue weighted by Crippen LogP contribution is -2.60. The molecule has 0 radical (unpaired) electrons. The number of hydrogen-bond acceptors (Lipinski definition) is 4. The van der Waals surface area contributed by atoms with Gasteiger partial charge in [0.15, 0.2) is 0 Å². The van der Waals surface area contributed by atoms with Crippen LogP contribution >= 0.6 is 11.6 Å². The summed E-state index contributed by atoms with van der Waals surface area (Å²) in [7, 11) is 0. The minimum atomic E-state index is 0.0249. The molecule has 3 aliphatic rings. The summed E-state index contributed by atoms with van der Waals surface area (Å²) >= 11 is 6.12. The molecular weight excluding hydrogens is 386 g/mol. The average Bonchev–Trinajstić information content (AvgIpc) is 3.10. The van der Waals surface area contributed by atoms with E-state index in [1.807, 2.05) is 42.3 Å². The number of nitrogens with one attached hydrogen (secondary N) is 3. The second-order valence-electron chi connectivity index (χ2n) is 8.57. The van der Waals surface area contributed by atoms with Gasteiger partial charge in [0.1, 0.15) is 0 Å². The molecule has 2 aromatic rings. The Hall–Kier alpha value is -2.15. The highest BCUT2D eigenvalue weighted by Crippen LogP contribution is 2.42. The summed E-state index contributed by atoms with van der Waals surface area (Å²) in [6.45, 7) is 3.41. The van der Waals surface area contributed by atoms with E-state index >= 15 is 0 Å². The number of amides is 2. The predicted octanol–water partition coefficient (Wildman–Crippen LogP) is 3.18. The molecule has 2 saturated heterocycles. The molecule has 1 saturated carbocycles. The van der Waals surface area contributed by atoms with Gasteiger partial charge in [-0.1, -0.05) is 23.7 Å². The van der Waals surface area contributed by atoms with Crippen molar-refractivity contribution in [3.8, 4) is 0 Å². The van der Waals surface area contributed by atoms with Crippen molar-refractivity contribution in [1.82, 2.24) is 26.1 Å². The number of halogens is 1. The van der Waals surface area contributed by atoms with Crippen molar-refractivity contribution < 1.29 is 4.79 Å². The van der Waals surface area contributed by atoms with Gasteiger partial charge in [-0.3, -0.25) is 10.4 Å². The average molecular weight is 412 g/mol. The van der Waals surface area contributed by atoms with E-state index in [4.69, 9.17) is 11.6 Å². The number of carbonyl (C=O) groups excluding carboxylic acids is 1. The highest BCUT2D eigenvalue weighted by Gasteiger charge is 2.47. The molecule has 1 aromatic heterocycles. The van der Waals surface area contributed by atoms with E-state index in [1.165, 1.54) is 5.56 Å². The fourth-order valence-electron chi connectivity index (χ4n) is 5.24. The Morgan fingerprint density at radius 3 is 2.90 bits per heavy atom. The molecule has 29 heavy (non-hydrogen) atoms. The summed E-state index contributed by atoms with van der Waals surface area (Å²) in [4.78, 5) is 19.0. The molecule has 5 atom stereocenters. The topological polar surface area (TPSA) is 69.3 Å². The third kappa shape index (κ3) is 3.72. The molecule has 0 bridgehead atoms. The fourth-order valence-corrected chi connectivity index (χ4v) is 5.45. The molecule has 3 heterocycles. The van der Waals surface area contributed by atoms with Crippen LogP contribution in [0.3, 0.4) is 0 Å². The predicted molar refractivity (Wildman–Crippen MR) is 112 cm³/mol. The van der Waals surface area contributed by atoms with Crippen molar-refractivity contribution in [2.24, 2.45) is 11.8 Å². The van der Waals surface area contributed by atoms with Crippen molar-refractivity contribution in [2.45, 2.75) is 44.4 Å². The molecule has 2 aliphatic heterocycles. The number of nitrogens with zero attached hydrogens (tertiary/aromatic N) is 2. The van der Waals surface area contributed by atoms with Gasteiger partial charge >= 0.3 is 6.03 Å². The van der Waals surface area contributed by atoms with Crippen LogP contribution in [0.15, 0.2) is 42.6 Å². The maximum atomic E-state index is 12.7. The second kappa shape index (κ2) is 7.59. The smallest absolute Gasteiger partial charge is 0.317 e. The number of hydrazine groups is 1. The van der Waals surface area contributed by atoms with E-state index in [0.717, 1.165) is 30.6 Å². The van der Waals surface area contributed by atoms with Crippen LogP contribution in [-0.4, -0.2) is 34.5 Å². The second-order valence-corrected chi connectivity index (χ2v) is 9.00. The van der Waals surface area contributed by atoms with Crippen molar-refractivity contribution in [3.63, 3.8) is 0 Å². The summed E-state index contributed by atoms with van der Waals surface area (Å²) in [5.74, 6) is 0.946. The molecule has 3 fully saturated rings. The zero-order valence-corrected chi connectivity index (χ0v) is 17.2. The normalized spacial score (nSPS) is 31.2. The summed E-state index contributed by atoms with van der Waals surface area (Å²) in [5.41, 5.74) is 10.4. The molecule has 6 nitrogen and oxygen atoms in total. The summed E-state index contributed by atoms with van der Waals surface area (Å²) in [6, 6.07) is 12.9. The maximum Gasteiger partial charge on any atom is 0.317 e. The van der Waals surface area contributed by atoms with Gasteiger partial charge in [0, 0.05) is 42.1 Å². The van der Waals surface area contributed by atoms with Crippen LogP contribution in [-0.2, 0) is 6.54 Å². The van der Waals surface area contributed by atoms with E-state index in [9.17, 15) is 4.79 Å². The SMILES string of the molecule is Cc1cc(C2NNC3CC4NC(=O)N(Cc5cccc(Cl)c5)CC4CC32)ccn1. The van der Waals surface area contributed by atoms with Gasteiger partial charge in [0.05, 0.1) is 6.04 Å². The van der Waals surface area contributed by atoms with Crippen LogP contribution in [0.5, 0.6) is 0 Å². The molecule has 1 aliphatic carbocycles. The largest absolute Gasteiger partial charge is 0.335 e. The summed E-state index contributed by atoms with van der Waals surface area (Å²) in [6.07, 6.45) is 3.92. The molecule has 3 N–H and O–H groups in total. The van der Waals surface area contributed by atoms with Crippen molar-refractivity contribution in [1.29, 1.82) is 0 Å². The van der Waals surface area contributed by atoms with Gasteiger partial charge in [0.25, 0.3) is 0 Å². The highest BCUT2D eigenvalue weighted by molar-refractivity contribution is 6.30. The van der Waals surface area contributed by atoms with Crippen LogP contribution in [0.2, 0.25) is 5.02 Å². The van der Waals surface area contributed by atoms with Gasteiger partial charge in [-0.05, 0) is 67.0 Å². The Kier molecular flexibility index (Phi) is 4.94. The number of fused-ring (bicyclic) bond motifs is 2. The third-order valence-electron chi connectivity index (χ3n) is 6.61. The van der Waals surface area contributed by atoms with Gasteiger partial charge in [0.2, 0.25) is 0 Å². The molecule has 7 heteroatoms. The molecule has 5 rings (SSSR count). The minimum Gasteiger partial charge on any atom is -0.335 e. The van der Waals surface area contributed by atoms with Gasteiger partial charge in [-0.15, -0.1) is 0 Å². The first-order valence-corrected chi connectivity index (χ1v) is 10.7. The van der Waals surface area contributed by atoms with E-state index in [2.05, 4.69) is 33.3 Å². The zero-order valence-electron chi connectivity index (χ0n) is 16.4. The number of carbonyl (C=O) groups is 1. The molecule has 5 unspecified atom stereocenters. The molecular formula is C22H26ClN5O. The zero-order chi connectivity index (χ0) is 20.0. The number of aryl methyl sites for hydroxylation is 1. The first-order valence-electron chi connectivity index (χ1n) is 10.3. The third-order valence-corrected chi connectivity index (χ3v) is 6.85. The van der Waals surface area contributed by atoms with E-state index in [0.29, 0.717) is 29.4 Å². The van der Waals surface area contributed by atoms with Crippen LogP contribution in [0, 0.1) is 18.8 Å². The van der Waals surface area contributed by atoms with Crippen molar-refractivity contribution in [2.75, 3.05) is 6.54 Å². The number of aromatic nitrogens is 1. The summed E-state index contributed by atoms with van der Waals surface area (Å²) in [5, 5.41) is 3.96.